The van der Waals surface area contributed by atoms with Crippen LogP contribution in [0.25, 0.3) is 0 Å². The van der Waals surface area contributed by atoms with E-state index in [4.69, 9.17) is 9.47 Å². The predicted molar refractivity (Wildman–Crippen MR) is 81.9 cm³/mol. The zero-order valence-corrected chi connectivity index (χ0v) is 12.9. The molecule has 1 N–H and O–H groups in total. The number of rotatable bonds is 6. The molecule has 0 amide bonds. The molecule has 1 fully saturated rings. The van der Waals surface area contributed by atoms with Crippen LogP contribution in [0.5, 0.6) is 0 Å². The van der Waals surface area contributed by atoms with Crippen LogP contribution in [0.3, 0.4) is 0 Å². The van der Waals surface area contributed by atoms with Crippen LogP contribution in [0, 0.1) is 0 Å². The van der Waals surface area contributed by atoms with E-state index < -0.39 is 5.54 Å². The molecule has 1 saturated heterocycles. The van der Waals surface area contributed by atoms with Crippen molar-refractivity contribution < 1.29 is 14.3 Å². The van der Waals surface area contributed by atoms with Crippen LogP contribution < -0.4 is 5.32 Å². The molecule has 2 unspecified atom stereocenters. The van der Waals surface area contributed by atoms with E-state index in [9.17, 15) is 4.79 Å². The molecule has 1 aromatic carbocycles. The molecule has 0 saturated carbocycles. The van der Waals surface area contributed by atoms with Crippen LogP contribution in [0.1, 0.15) is 38.7 Å². The molecule has 21 heavy (non-hydrogen) atoms. The number of carbonyl (C=O) groups is 1. The van der Waals surface area contributed by atoms with E-state index >= 15 is 0 Å². The first-order chi connectivity index (χ1) is 10.2. The number of esters is 1. The number of hydrogen-bond donors (Lipinski definition) is 1. The Morgan fingerprint density at radius 3 is 2.81 bits per heavy atom. The largest absolute Gasteiger partial charge is 0.465 e. The highest BCUT2D eigenvalue weighted by Gasteiger charge is 2.43. The molecule has 1 aliphatic rings. The Bertz CT molecular complexity index is 449. The number of nitrogens with one attached hydrogen (secondary N) is 1. The molecule has 1 heterocycles. The summed E-state index contributed by atoms with van der Waals surface area (Å²) in [5.41, 5.74) is 0.547. The molecule has 0 radical (unpaired) electrons. The quantitative estimate of drug-likeness (QED) is 0.819. The lowest BCUT2D eigenvalue weighted by atomic mass is 9.85. The molecule has 116 valence electrons. The van der Waals surface area contributed by atoms with Crippen LogP contribution in [-0.4, -0.2) is 30.8 Å². The Hall–Kier alpha value is -1.39. The first-order valence-corrected chi connectivity index (χ1v) is 7.78. The van der Waals surface area contributed by atoms with Crippen molar-refractivity contribution in [3.63, 3.8) is 0 Å². The van der Waals surface area contributed by atoms with Gasteiger partial charge in [0.25, 0.3) is 0 Å². The Labute approximate surface area is 126 Å². The smallest absolute Gasteiger partial charge is 0.326 e. The van der Waals surface area contributed by atoms with Gasteiger partial charge in [0.15, 0.2) is 0 Å². The van der Waals surface area contributed by atoms with Crippen molar-refractivity contribution >= 4 is 5.97 Å². The fourth-order valence-corrected chi connectivity index (χ4v) is 2.77. The van der Waals surface area contributed by atoms with Crippen molar-refractivity contribution in [1.82, 2.24) is 5.32 Å². The van der Waals surface area contributed by atoms with Gasteiger partial charge in [-0.25, -0.2) is 0 Å². The molecular formula is C17H25NO3. The molecule has 0 aromatic heterocycles. The van der Waals surface area contributed by atoms with Gasteiger partial charge in [0, 0.05) is 19.6 Å². The van der Waals surface area contributed by atoms with E-state index in [1.807, 2.05) is 25.1 Å². The first kappa shape index (κ1) is 16.0. The van der Waals surface area contributed by atoms with Crippen LogP contribution >= 0.6 is 0 Å². The zero-order chi connectivity index (χ0) is 15.1. The Kier molecular flexibility index (Phi) is 5.76. The molecule has 4 nitrogen and oxygen atoms in total. The minimum Gasteiger partial charge on any atom is -0.465 e. The van der Waals surface area contributed by atoms with Crippen LogP contribution in [0.15, 0.2) is 30.3 Å². The topological polar surface area (TPSA) is 47.6 Å². The number of hydrogen-bond acceptors (Lipinski definition) is 4. The van der Waals surface area contributed by atoms with Gasteiger partial charge in [-0.3, -0.25) is 10.1 Å². The highest BCUT2D eigenvalue weighted by atomic mass is 16.5. The Morgan fingerprint density at radius 1 is 1.38 bits per heavy atom. The lowest BCUT2D eigenvalue weighted by Gasteiger charge is -2.39. The maximum absolute atomic E-state index is 12.5. The fraction of sp³-hybridized carbons (Fsp3) is 0.588. The van der Waals surface area contributed by atoms with Gasteiger partial charge in [-0.15, -0.1) is 0 Å². The summed E-state index contributed by atoms with van der Waals surface area (Å²) >= 11 is 0. The second-order valence-corrected chi connectivity index (χ2v) is 5.50. The highest BCUT2D eigenvalue weighted by molar-refractivity contribution is 5.81. The van der Waals surface area contributed by atoms with E-state index in [2.05, 4.69) is 24.4 Å². The third-order valence-electron chi connectivity index (χ3n) is 4.05. The Morgan fingerprint density at radius 2 is 2.14 bits per heavy atom. The number of ether oxygens (including phenoxy) is 2. The van der Waals surface area contributed by atoms with Crippen LogP contribution in [0.2, 0.25) is 0 Å². The molecule has 1 aliphatic heterocycles. The van der Waals surface area contributed by atoms with Gasteiger partial charge in [-0.1, -0.05) is 37.3 Å². The van der Waals surface area contributed by atoms with Gasteiger partial charge >= 0.3 is 5.97 Å². The lowest BCUT2D eigenvalue weighted by Crippen LogP contribution is -2.57. The number of benzene rings is 1. The van der Waals surface area contributed by atoms with Gasteiger partial charge in [0.1, 0.15) is 5.54 Å². The SMILES string of the molecule is CCOC(=O)C1(NCc2ccccc2)CCOC(CC)C1. The number of carbonyl (C=O) groups excluding carboxylic acids is 1. The summed E-state index contributed by atoms with van der Waals surface area (Å²) in [5.74, 6) is -0.150. The normalized spacial score (nSPS) is 25.5. The molecule has 0 spiro atoms. The molecule has 1 aromatic rings. The van der Waals surface area contributed by atoms with Crippen molar-refractivity contribution in [3.8, 4) is 0 Å². The molecule has 2 atom stereocenters. The Balaban J connectivity index is 2.09. The maximum Gasteiger partial charge on any atom is 0.326 e. The summed E-state index contributed by atoms with van der Waals surface area (Å²) < 4.78 is 11.0. The average Bonchev–Trinajstić information content (AvgIpc) is 2.54. The van der Waals surface area contributed by atoms with Crippen LogP contribution in [0.4, 0.5) is 0 Å². The standard InChI is InChI=1S/C17H25NO3/c1-3-15-12-17(10-11-21-15,16(19)20-4-2)18-13-14-8-6-5-7-9-14/h5-9,15,18H,3-4,10-13H2,1-2H3. The van der Waals surface area contributed by atoms with Crippen molar-refractivity contribution in [3.05, 3.63) is 35.9 Å². The van der Waals surface area contributed by atoms with E-state index in [1.54, 1.807) is 0 Å². The second-order valence-electron chi connectivity index (χ2n) is 5.50. The van der Waals surface area contributed by atoms with Gasteiger partial charge in [0.05, 0.1) is 12.7 Å². The van der Waals surface area contributed by atoms with Crippen LogP contribution in [-0.2, 0) is 20.8 Å². The first-order valence-electron chi connectivity index (χ1n) is 7.78. The summed E-state index contributed by atoms with van der Waals surface area (Å²) in [4.78, 5) is 12.5. The molecule has 2 rings (SSSR count). The third kappa shape index (κ3) is 4.05. The van der Waals surface area contributed by atoms with Crippen molar-refractivity contribution in [2.45, 2.75) is 51.3 Å². The zero-order valence-electron chi connectivity index (χ0n) is 12.9. The van der Waals surface area contributed by atoms with E-state index in [-0.39, 0.29) is 12.1 Å². The minimum atomic E-state index is -0.620. The van der Waals surface area contributed by atoms with Gasteiger partial charge in [-0.05, 0) is 25.3 Å². The molecule has 4 heteroatoms. The third-order valence-corrected chi connectivity index (χ3v) is 4.05. The maximum atomic E-state index is 12.5. The molecule has 0 bridgehead atoms. The predicted octanol–water partition coefficient (Wildman–Crippen LogP) is 2.67. The van der Waals surface area contributed by atoms with E-state index in [1.165, 1.54) is 5.56 Å². The minimum absolute atomic E-state index is 0.117. The second kappa shape index (κ2) is 7.57. The summed E-state index contributed by atoms with van der Waals surface area (Å²) in [6.07, 6.45) is 2.37. The van der Waals surface area contributed by atoms with Gasteiger partial charge in [-0.2, -0.15) is 0 Å². The summed E-state index contributed by atoms with van der Waals surface area (Å²) in [7, 11) is 0. The average molecular weight is 291 g/mol. The lowest BCUT2D eigenvalue weighted by molar-refractivity contribution is -0.158. The van der Waals surface area contributed by atoms with E-state index in [0.717, 1.165) is 6.42 Å². The van der Waals surface area contributed by atoms with Crippen molar-refractivity contribution in [2.75, 3.05) is 13.2 Å². The fourth-order valence-electron chi connectivity index (χ4n) is 2.77. The summed E-state index contributed by atoms with van der Waals surface area (Å²) in [6.45, 7) is 5.60. The van der Waals surface area contributed by atoms with Gasteiger partial charge < -0.3 is 9.47 Å². The summed E-state index contributed by atoms with van der Waals surface area (Å²) in [5, 5.41) is 3.45. The molecular weight excluding hydrogens is 266 g/mol. The van der Waals surface area contributed by atoms with E-state index in [0.29, 0.717) is 32.6 Å². The monoisotopic (exact) mass is 291 g/mol. The van der Waals surface area contributed by atoms with Crippen molar-refractivity contribution in [2.24, 2.45) is 0 Å². The van der Waals surface area contributed by atoms with Gasteiger partial charge in [0.2, 0.25) is 0 Å². The van der Waals surface area contributed by atoms with Crippen molar-refractivity contribution in [1.29, 1.82) is 0 Å². The highest BCUT2D eigenvalue weighted by Crippen LogP contribution is 2.28. The summed E-state index contributed by atoms with van der Waals surface area (Å²) in [6, 6.07) is 10.1. The molecule has 0 aliphatic carbocycles.